The van der Waals surface area contributed by atoms with Crippen LogP contribution < -0.4 is 10.1 Å². The monoisotopic (exact) mass is 390 g/mol. The predicted octanol–water partition coefficient (Wildman–Crippen LogP) is 3.06. The minimum atomic E-state index is -0.883. The third-order valence-corrected chi connectivity index (χ3v) is 3.56. The van der Waals surface area contributed by atoms with E-state index in [4.69, 9.17) is 4.74 Å². The van der Waals surface area contributed by atoms with E-state index in [0.29, 0.717) is 6.07 Å². The van der Waals surface area contributed by atoms with Crippen LogP contribution in [0, 0.1) is 21.7 Å². The van der Waals surface area contributed by atoms with Gasteiger partial charge in [-0.05, 0) is 24.3 Å². The van der Waals surface area contributed by atoms with Gasteiger partial charge in [0.2, 0.25) is 0 Å². The van der Waals surface area contributed by atoms with Crippen molar-refractivity contribution >= 4 is 17.3 Å². The number of carbonyl (C=O) groups is 1. The SMILES string of the molecule is O=C(Nc1cc([N+](=O)[O-])ccc1O)c1ccn(COc2ccc(F)cc2F)n1. The number of non-ortho nitro benzene ring substituents is 1. The van der Waals surface area contributed by atoms with E-state index in [1.807, 2.05) is 0 Å². The topological polar surface area (TPSA) is 120 Å². The number of ether oxygens (including phenoxy) is 1. The molecule has 1 heterocycles. The second-order valence-corrected chi connectivity index (χ2v) is 5.50. The van der Waals surface area contributed by atoms with Gasteiger partial charge in [0.05, 0.1) is 10.6 Å². The molecule has 0 aliphatic carbocycles. The molecule has 1 aromatic heterocycles. The van der Waals surface area contributed by atoms with Gasteiger partial charge < -0.3 is 15.2 Å². The standard InChI is InChI=1S/C17H12F2N4O5/c18-10-1-4-16(12(19)7-10)28-9-22-6-5-13(21-22)17(25)20-14-8-11(23(26)27)2-3-15(14)24/h1-8,24H,9H2,(H,20,25). The van der Waals surface area contributed by atoms with Crippen LogP contribution >= 0.6 is 0 Å². The minimum absolute atomic E-state index is 0.0749. The predicted molar refractivity (Wildman–Crippen MR) is 91.9 cm³/mol. The van der Waals surface area contributed by atoms with Crippen molar-refractivity contribution in [3.8, 4) is 11.5 Å². The van der Waals surface area contributed by atoms with Crippen LogP contribution in [0.25, 0.3) is 0 Å². The van der Waals surface area contributed by atoms with E-state index in [0.717, 1.165) is 30.3 Å². The zero-order chi connectivity index (χ0) is 20.3. The number of benzene rings is 2. The zero-order valence-electron chi connectivity index (χ0n) is 14.0. The first-order chi connectivity index (χ1) is 13.3. The number of aromatic nitrogens is 2. The number of phenols is 1. The second kappa shape index (κ2) is 7.70. The number of nitro groups is 1. The first kappa shape index (κ1) is 18.8. The van der Waals surface area contributed by atoms with Crippen molar-refractivity contribution in [2.24, 2.45) is 0 Å². The molecule has 2 aromatic carbocycles. The summed E-state index contributed by atoms with van der Waals surface area (Å²) < 4.78 is 32.7. The van der Waals surface area contributed by atoms with Gasteiger partial charge in [-0.2, -0.15) is 5.10 Å². The Morgan fingerprint density at radius 1 is 1.25 bits per heavy atom. The summed E-state index contributed by atoms with van der Waals surface area (Å²) in [5.41, 5.74) is -0.541. The van der Waals surface area contributed by atoms with Crippen LogP contribution in [0.4, 0.5) is 20.2 Å². The van der Waals surface area contributed by atoms with Crippen LogP contribution in [0.1, 0.15) is 10.5 Å². The molecule has 0 fully saturated rings. The van der Waals surface area contributed by atoms with Crippen LogP contribution in [-0.4, -0.2) is 25.7 Å². The molecule has 0 bridgehead atoms. The molecule has 0 aliphatic rings. The molecule has 0 saturated heterocycles. The van der Waals surface area contributed by atoms with Crippen molar-refractivity contribution in [1.82, 2.24) is 9.78 Å². The highest BCUT2D eigenvalue weighted by molar-refractivity contribution is 6.03. The third-order valence-electron chi connectivity index (χ3n) is 3.56. The molecule has 3 aromatic rings. The first-order valence-corrected chi connectivity index (χ1v) is 7.73. The highest BCUT2D eigenvalue weighted by Gasteiger charge is 2.16. The number of rotatable bonds is 6. The van der Waals surface area contributed by atoms with Crippen LogP contribution in [0.3, 0.4) is 0 Å². The van der Waals surface area contributed by atoms with E-state index < -0.39 is 22.5 Å². The number of hydrogen-bond donors (Lipinski definition) is 2. The van der Waals surface area contributed by atoms with Gasteiger partial charge in [0, 0.05) is 24.4 Å². The Hall–Kier alpha value is -4.02. The third kappa shape index (κ3) is 4.20. The van der Waals surface area contributed by atoms with Crippen molar-refractivity contribution in [2.75, 3.05) is 5.32 Å². The molecule has 3 rings (SSSR count). The van der Waals surface area contributed by atoms with Crippen molar-refractivity contribution < 1.29 is 28.3 Å². The number of nitro benzene ring substituents is 1. The Balaban J connectivity index is 1.67. The summed E-state index contributed by atoms with van der Waals surface area (Å²) in [5.74, 6) is -2.90. The molecular weight excluding hydrogens is 378 g/mol. The molecule has 11 heteroatoms. The van der Waals surface area contributed by atoms with Crippen LogP contribution in [-0.2, 0) is 6.73 Å². The number of carbonyl (C=O) groups excluding carboxylic acids is 1. The Morgan fingerprint density at radius 2 is 2.04 bits per heavy atom. The minimum Gasteiger partial charge on any atom is -0.506 e. The number of aromatic hydroxyl groups is 1. The lowest BCUT2D eigenvalue weighted by Gasteiger charge is -2.07. The molecule has 0 aliphatic heterocycles. The fraction of sp³-hybridized carbons (Fsp3) is 0.0588. The Labute approximate surface area is 155 Å². The normalized spacial score (nSPS) is 10.5. The van der Waals surface area contributed by atoms with Gasteiger partial charge in [-0.3, -0.25) is 14.9 Å². The molecule has 144 valence electrons. The van der Waals surface area contributed by atoms with Gasteiger partial charge in [0.25, 0.3) is 11.6 Å². The number of nitrogens with one attached hydrogen (secondary N) is 1. The highest BCUT2D eigenvalue weighted by atomic mass is 19.1. The van der Waals surface area contributed by atoms with Crippen molar-refractivity contribution in [1.29, 1.82) is 0 Å². The molecular formula is C17H12F2N4O5. The number of phenolic OH excluding ortho intramolecular Hbond substituents is 1. The fourth-order valence-electron chi connectivity index (χ4n) is 2.21. The Kier molecular flexibility index (Phi) is 5.16. The van der Waals surface area contributed by atoms with Gasteiger partial charge in [0.15, 0.2) is 24.0 Å². The molecule has 0 saturated carbocycles. The molecule has 28 heavy (non-hydrogen) atoms. The number of amides is 1. The van der Waals surface area contributed by atoms with Crippen LogP contribution in [0.2, 0.25) is 0 Å². The second-order valence-electron chi connectivity index (χ2n) is 5.50. The van der Waals surface area contributed by atoms with E-state index in [1.165, 1.54) is 16.9 Å². The van der Waals surface area contributed by atoms with E-state index in [2.05, 4.69) is 10.4 Å². The largest absolute Gasteiger partial charge is 0.506 e. The maximum absolute atomic E-state index is 13.5. The lowest BCUT2D eigenvalue weighted by atomic mass is 10.2. The van der Waals surface area contributed by atoms with Gasteiger partial charge in [-0.1, -0.05) is 0 Å². The number of halogens is 2. The maximum atomic E-state index is 13.5. The molecule has 1 amide bonds. The smallest absolute Gasteiger partial charge is 0.276 e. The fourth-order valence-corrected chi connectivity index (χ4v) is 2.21. The van der Waals surface area contributed by atoms with Gasteiger partial charge in [0.1, 0.15) is 11.6 Å². The molecule has 9 nitrogen and oxygen atoms in total. The van der Waals surface area contributed by atoms with Crippen LogP contribution in [0.15, 0.2) is 48.7 Å². The van der Waals surface area contributed by atoms with Crippen molar-refractivity contribution in [2.45, 2.75) is 6.73 Å². The lowest BCUT2D eigenvalue weighted by molar-refractivity contribution is -0.384. The van der Waals surface area contributed by atoms with Crippen LogP contribution in [0.5, 0.6) is 11.5 Å². The van der Waals surface area contributed by atoms with E-state index in [9.17, 15) is 28.8 Å². The van der Waals surface area contributed by atoms with E-state index >= 15 is 0 Å². The summed E-state index contributed by atoms with van der Waals surface area (Å²) in [6.45, 7) is -0.252. The maximum Gasteiger partial charge on any atom is 0.276 e. The molecule has 0 radical (unpaired) electrons. The number of anilines is 1. The summed E-state index contributed by atoms with van der Waals surface area (Å²) in [6, 6.07) is 7.32. The van der Waals surface area contributed by atoms with E-state index in [1.54, 1.807) is 0 Å². The Bertz CT molecular complexity index is 1050. The van der Waals surface area contributed by atoms with Gasteiger partial charge in [-0.15, -0.1) is 0 Å². The van der Waals surface area contributed by atoms with E-state index in [-0.39, 0.29) is 35.3 Å². The van der Waals surface area contributed by atoms with Crippen molar-refractivity contribution in [3.05, 3.63) is 76.1 Å². The summed E-state index contributed by atoms with van der Waals surface area (Å²) in [5, 5.41) is 26.8. The molecule has 2 N–H and O–H groups in total. The summed E-state index contributed by atoms with van der Waals surface area (Å²) >= 11 is 0. The number of hydrogen-bond acceptors (Lipinski definition) is 6. The summed E-state index contributed by atoms with van der Waals surface area (Å²) in [6.07, 6.45) is 1.38. The zero-order valence-corrected chi connectivity index (χ0v) is 14.0. The molecule has 0 unspecified atom stereocenters. The summed E-state index contributed by atoms with van der Waals surface area (Å²) in [4.78, 5) is 22.3. The average molecular weight is 390 g/mol. The average Bonchev–Trinajstić information content (AvgIpc) is 3.12. The Morgan fingerprint density at radius 3 is 2.75 bits per heavy atom. The molecule has 0 atom stereocenters. The lowest BCUT2D eigenvalue weighted by Crippen LogP contribution is -2.14. The highest BCUT2D eigenvalue weighted by Crippen LogP contribution is 2.28. The summed E-state index contributed by atoms with van der Waals surface area (Å²) in [7, 11) is 0. The quantitative estimate of drug-likeness (QED) is 0.379. The molecule has 0 spiro atoms. The van der Waals surface area contributed by atoms with Gasteiger partial charge in [-0.25, -0.2) is 13.5 Å². The first-order valence-electron chi connectivity index (χ1n) is 7.73. The number of nitrogens with zero attached hydrogens (tertiary/aromatic N) is 3. The van der Waals surface area contributed by atoms with Gasteiger partial charge >= 0.3 is 0 Å². The van der Waals surface area contributed by atoms with Crippen molar-refractivity contribution in [3.63, 3.8) is 0 Å².